The molecule has 0 aromatic heterocycles. The average molecular weight is 219 g/mol. The summed E-state index contributed by atoms with van der Waals surface area (Å²) in [5, 5.41) is 0. The van der Waals surface area contributed by atoms with Gasteiger partial charge >= 0.3 is 6.03 Å². The fraction of sp³-hybridized carbons (Fsp3) is 0.273. The fourth-order valence-electron chi connectivity index (χ4n) is 2.00. The Bertz CT molecular complexity index is 457. The maximum Gasteiger partial charge on any atom is 0.315 e. The van der Waals surface area contributed by atoms with E-state index in [1.807, 2.05) is 6.07 Å². The molecule has 1 aromatic rings. The van der Waals surface area contributed by atoms with E-state index in [-0.39, 0.29) is 0 Å². The number of carbonyl (C=O) groups is 2. The molecule has 84 valence electrons. The van der Waals surface area contributed by atoms with Crippen molar-refractivity contribution in [3.63, 3.8) is 0 Å². The molecular weight excluding hydrogens is 206 g/mol. The maximum atomic E-state index is 11.2. The Morgan fingerprint density at radius 2 is 2.00 bits per heavy atom. The molecule has 0 saturated heterocycles. The molecule has 0 unspecified atom stereocenters. The minimum absolute atomic E-state index is 0.365. The van der Waals surface area contributed by atoms with Crippen molar-refractivity contribution in [3.05, 3.63) is 34.9 Å². The van der Waals surface area contributed by atoms with Crippen LogP contribution in [0.3, 0.4) is 0 Å². The summed E-state index contributed by atoms with van der Waals surface area (Å²) in [4.78, 5) is 23.8. The highest BCUT2D eigenvalue weighted by molar-refractivity contribution is 5.94. The van der Waals surface area contributed by atoms with Crippen LogP contribution in [0.5, 0.6) is 0 Å². The van der Waals surface area contributed by atoms with Gasteiger partial charge in [-0.05, 0) is 23.6 Å². The number of benzene rings is 1. The Kier molecular flexibility index (Phi) is 2.52. The van der Waals surface area contributed by atoms with E-state index in [1.54, 1.807) is 12.1 Å². The number of nitrogens with two attached hydrogens (primary N) is 2. The van der Waals surface area contributed by atoms with E-state index >= 15 is 0 Å². The normalized spacial score (nSPS) is 14.4. The lowest BCUT2D eigenvalue weighted by Crippen LogP contribution is -2.40. The molecule has 3 amide bonds. The molecule has 5 nitrogen and oxygen atoms in total. The summed E-state index contributed by atoms with van der Waals surface area (Å²) < 4.78 is 0. The van der Waals surface area contributed by atoms with E-state index in [0.29, 0.717) is 25.1 Å². The van der Waals surface area contributed by atoms with Gasteiger partial charge in [-0.2, -0.15) is 0 Å². The molecule has 0 bridgehead atoms. The van der Waals surface area contributed by atoms with Gasteiger partial charge in [-0.15, -0.1) is 0 Å². The fourth-order valence-corrected chi connectivity index (χ4v) is 2.00. The molecular formula is C11H13N3O2. The van der Waals surface area contributed by atoms with Gasteiger partial charge in [0.1, 0.15) is 0 Å². The molecule has 0 saturated carbocycles. The van der Waals surface area contributed by atoms with E-state index in [9.17, 15) is 9.59 Å². The molecule has 0 radical (unpaired) electrons. The summed E-state index contributed by atoms with van der Waals surface area (Å²) >= 11 is 0. The lowest BCUT2D eigenvalue weighted by atomic mass is 9.95. The van der Waals surface area contributed by atoms with Crippen molar-refractivity contribution in [3.8, 4) is 0 Å². The third kappa shape index (κ3) is 1.71. The minimum atomic E-state index is -0.469. The largest absolute Gasteiger partial charge is 0.366 e. The molecule has 1 aliphatic rings. The number of amides is 3. The lowest BCUT2D eigenvalue weighted by Gasteiger charge is -2.28. The maximum absolute atomic E-state index is 11.2. The van der Waals surface area contributed by atoms with Gasteiger partial charge in [0.05, 0.1) is 0 Å². The first kappa shape index (κ1) is 10.5. The smallest absolute Gasteiger partial charge is 0.315 e. The number of hydrogen-bond donors (Lipinski definition) is 2. The van der Waals surface area contributed by atoms with Crippen molar-refractivity contribution in [1.29, 1.82) is 0 Å². The number of nitrogens with zero attached hydrogens (tertiary/aromatic N) is 1. The van der Waals surface area contributed by atoms with Gasteiger partial charge in [-0.1, -0.05) is 12.1 Å². The van der Waals surface area contributed by atoms with E-state index in [2.05, 4.69) is 0 Å². The van der Waals surface area contributed by atoms with Crippen molar-refractivity contribution in [2.75, 3.05) is 6.54 Å². The summed E-state index contributed by atoms with van der Waals surface area (Å²) in [6, 6.07) is 4.95. The third-order valence-electron chi connectivity index (χ3n) is 2.85. The summed E-state index contributed by atoms with van der Waals surface area (Å²) in [7, 11) is 0. The van der Waals surface area contributed by atoms with Crippen LogP contribution in [0.1, 0.15) is 21.5 Å². The third-order valence-corrected chi connectivity index (χ3v) is 2.85. The van der Waals surface area contributed by atoms with Crippen LogP contribution in [0.4, 0.5) is 4.79 Å². The second-order valence-corrected chi connectivity index (χ2v) is 3.82. The molecule has 5 heteroatoms. The molecule has 4 N–H and O–H groups in total. The second-order valence-electron chi connectivity index (χ2n) is 3.82. The van der Waals surface area contributed by atoms with Crippen molar-refractivity contribution >= 4 is 11.9 Å². The van der Waals surface area contributed by atoms with Crippen molar-refractivity contribution in [2.24, 2.45) is 11.5 Å². The van der Waals surface area contributed by atoms with Crippen LogP contribution < -0.4 is 11.5 Å². The first-order chi connectivity index (χ1) is 7.59. The second kappa shape index (κ2) is 3.84. The van der Waals surface area contributed by atoms with Gasteiger partial charge in [0.15, 0.2) is 0 Å². The highest BCUT2D eigenvalue weighted by Crippen LogP contribution is 2.22. The Hall–Kier alpha value is -2.04. The van der Waals surface area contributed by atoms with Crippen molar-refractivity contribution in [1.82, 2.24) is 4.90 Å². The molecule has 16 heavy (non-hydrogen) atoms. The monoisotopic (exact) mass is 219 g/mol. The average Bonchev–Trinajstić information content (AvgIpc) is 2.27. The van der Waals surface area contributed by atoms with Gasteiger partial charge in [0.25, 0.3) is 0 Å². The van der Waals surface area contributed by atoms with Gasteiger partial charge < -0.3 is 16.4 Å². The Morgan fingerprint density at radius 1 is 1.25 bits per heavy atom. The van der Waals surface area contributed by atoms with Crippen molar-refractivity contribution in [2.45, 2.75) is 13.0 Å². The molecule has 0 aliphatic carbocycles. The number of fused-ring (bicyclic) bond motifs is 1. The molecule has 2 rings (SSSR count). The molecule has 0 fully saturated rings. The number of hydrogen-bond acceptors (Lipinski definition) is 2. The van der Waals surface area contributed by atoms with Crippen LogP contribution in [0.2, 0.25) is 0 Å². The van der Waals surface area contributed by atoms with Crippen LogP contribution in [0.15, 0.2) is 18.2 Å². The van der Waals surface area contributed by atoms with E-state index in [0.717, 1.165) is 11.1 Å². The van der Waals surface area contributed by atoms with E-state index in [1.165, 1.54) is 4.90 Å². The zero-order chi connectivity index (χ0) is 11.7. The standard InChI is InChI=1S/C11H13N3O2/c12-10(15)8-3-1-2-7-4-5-14(11(13)16)6-9(7)8/h1-3H,4-6H2,(H2,12,15)(H2,13,16). The van der Waals surface area contributed by atoms with Gasteiger partial charge in [-0.25, -0.2) is 4.79 Å². The quantitative estimate of drug-likeness (QED) is 0.707. The predicted octanol–water partition coefficient (Wildman–Crippen LogP) is 0.222. The van der Waals surface area contributed by atoms with Crippen LogP contribution in [-0.4, -0.2) is 23.4 Å². The van der Waals surface area contributed by atoms with Crippen LogP contribution >= 0.6 is 0 Å². The molecule has 0 spiro atoms. The Labute approximate surface area is 93.0 Å². The first-order valence-electron chi connectivity index (χ1n) is 5.04. The highest BCUT2D eigenvalue weighted by atomic mass is 16.2. The zero-order valence-electron chi connectivity index (χ0n) is 8.77. The van der Waals surface area contributed by atoms with Crippen molar-refractivity contribution < 1.29 is 9.59 Å². The first-order valence-corrected chi connectivity index (χ1v) is 5.04. The molecule has 0 atom stereocenters. The number of urea groups is 1. The zero-order valence-corrected chi connectivity index (χ0v) is 8.77. The minimum Gasteiger partial charge on any atom is -0.366 e. The predicted molar refractivity (Wildman–Crippen MR) is 58.7 cm³/mol. The topological polar surface area (TPSA) is 89.4 Å². The van der Waals surface area contributed by atoms with Gasteiger partial charge in [-0.3, -0.25) is 4.79 Å². The highest BCUT2D eigenvalue weighted by Gasteiger charge is 2.22. The molecule has 1 aliphatic heterocycles. The van der Waals surface area contributed by atoms with Crippen LogP contribution in [0.25, 0.3) is 0 Å². The summed E-state index contributed by atoms with van der Waals surface area (Å²) in [5.74, 6) is -0.469. The number of carbonyl (C=O) groups excluding carboxylic acids is 2. The van der Waals surface area contributed by atoms with Crippen LogP contribution in [0, 0.1) is 0 Å². The van der Waals surface area contributed by atoms with Gasteiger partial charge in [0.2, 0.25) is 5.91 Å². The SMILES string of the molecule is NC(=O)c1cccc2c1CN(C(N)=O)CC2. The molecule has 1 aromatic carbocycles. The summed E-state index contributed by atoms with van der Waals surface area (Å²) in [6.07, 6.45) is 0.708. The Morgan fingerprint density at radius 3 is 2.62 bits per heavy atom. The van der Waals surface area contributed by atoms with E-state index in [4.69, 9.17) is 11.5 Å². The van der Waals surface area contributed by atoms with Crippen LogP contribution in [-0.2, 0) is 13.0 Å². The summed E-state index contributed by atoms with van der Waals surface area (Å²) in [5.41, 5.74) is 12.9. The number of primary amides is 2. The number of rotatable bonds is 1. The van der Waals surface area contributed by atoms with Gasteiger partial charge in [0, 0.05) is 18.7 Å². The molecule has 1 heterocycles. The summed E-state index contributed by atoms with van der Waals surface area (Å²) in [6.45, 7) is 0.953. The Balaban J connectivity index is 2.41. The lowest BCUT2D eigenvalue weighted by molar-refractivity contribution is 0.0997. The van der Waals surface area contributed by atoms with E-state index < -0.39 is 11.9 Å².